The maximum Gasteiger partial charge on any atom is 0.293 e. The predicted octanol–water partition coefficient (Wildman–Crippen LogP) is -0.336. The van der Waals surface area contributed by atoms with E-state index in [1.807, 2.05) is 0 Å². The van der Waals surface area contributed by atoms with Crippen LogP contribution in [0.25, 0.3) is 0 Å². The van der Waals surface area contributed by atoms with Gasteiger partial charge in [0.15, 0.2) is 0 Å². The third-order valence-corrected chi connectivity index (χ3v) is 2.20. The van der Waals surface area contributed by atoms with E-state index < -0.39 is 5.60 Å². The molecule has 1 saturated heterocycles. The molecule has 0 saturated carbocycles. The van der Waals surface area contributed by atoms with Crippen LogP contribution in [0.4, 0.5) is 0 Å². The Labute approximate surface area is 71.9 Å². The largest absolute Gasteiger partial charge is 0.468 e. The maximum absolute atomic E-state index is 9.84. The van der Waals surface area contributed by atoms with Gasteiger partial charge in [-0.15, -0.1) is 0 Å². The zero-order chi connectivity index (χ0) is 8.86. The number of nitrogens with one attached hydrogen (secondary N) is 1. The van der Waals surface area contributed by atoms with Gasteiger partial charge in [-0.25, -0.2) is 0 Å². The van der Waals surface area contributed by atoms with Crippen molar-refractivity contribution < 1.29 is 14.6 Å². The van der Waals surface area contributed by atoms with Crippen molar-refractivity contribution >= 4 is 6.47 Å². The van der Waals surface area contributed by atoms with Crippen molar-refractivity contribution in [3.63, 3.8) is 0 Å². The van der Waals surface area contributed by atoms with Crippen LogP contribution < -0.4 is 5.32 Å². The second kappa shape index (κ2) is 4.42. The minimum Gasteiger partial charge on any atom is -0.468 e. The van der Waals surface area contributed by atoms with E-state index in [1.165, 1.54) is 0 Å². The fourth-order valence-electron chi connectivity index (χ4n) is 1.46. The van der Waals surface area contributed by atoms with Crippen LogP contribution in [0.5, 0.6) is 0 Å². The van der Waals surface area contributed by atoms with E-state index in [9.17, 15) is 9.90 Å². The van der Waals surface area contributed by atoms with Gasteiger partial charge >= 0.3 is 0 Å². The van der Waals surface area contributed by atoms with E-state index >= 15 is 0 Å². The molecule has 1 fully saturated rings. The number of β-amino-alcohol motifs (C(OH)–C–C–N with tert-alkyl or cyclic N) is 1. The van der Waals surface area contributed by atoms with Crippen LogP contribution >= 0.6 is 0 Å². The highest BCUT2D eigenvalue weighted by atomic mass is 16.5. The quantitative estimate of drug-likeness (QED) is 0.451. The van der Waals surface area contributed by atoms with E-state index in [0.29, 0.717) is 26.0 Å². The lowest BCUT2D eigenvalue weighted by Gasteiger charge is -2.32. The molecule has 2 N–H and O–H groups in total. The summed E-state index contributed by atoms with van der Waals surface area (Å²) in [5.74, 6) is 0. The number of carbonyl (C=O) groups is 1. The van der Waals surface area contributed by atoms with Crippen LogP contribution in [0.1, 0.15) is 19.3 Å². The number of rotatable bonds is 4. The first kappa shape index (κ1) is 9.48. The van der Waals surface area contributed by atoms with Crippen molar-refractivity contribution in [1.82, 2.24) is 5.32 Å². The lowest BCUT2D eigenvalue weighted by atomic mass is 9.91. The summed E-state index contributed by atoms with van der Waals surface area (Å²) >= 11 is 0. The Kier molecular flexibility index (Phi) is 3.49. The molecular formula is C8H15NO3. The van der Waals surface area contributed by atoms with Crippen LogP contribution in [0, 0.1) is 0 Å². The van der Waals surface area contributed by atoms with Crippen LogP contribution in [-0.4, -0.2) is 36.9 Å². The van der Waals surface area contributed by atoms with Gasteiger partial charge in [0.25, 0.3) is 6.47 Å². The molecule has 12 heavy (non-hydrogen) atoms. The fraction of sp³-hybridized carbons (Fsp3) is 0.875. The molecule has 1 aliphatic heterocycles. The van der Waals surface area contributed by atoms with E-state index in [-0.39, 0.29) is 0 Å². The summed E-state index contributed by atoms with van der Waals surface area (Å²) in [7, 11) is 0. The van der Waals surface area contributed by atoms with Crippen molar-refractivity contribution in [3.8, 4) is 0 Å². The standard InChI is InChI=1S/C8H15NO3/c10-7-12-5-3-8(11)2-1-4-9-6-8/h7,9,11H,1-6H2. The lowest BCUT2D eigenvalue weighted by Crippen LogP contribution is -2.46. The summed E-state index contributed by atoms with van der Waals surface area (Å²) in [6.07, 6.45) is 2.30. The minimum absolute atomic E-state index is 0.307. The zero-order valence-corrected chi connectivity index (χ0v) is 7.08. The molecule has 1 atom stereocenters. The Morgan fingerprint density at radius 3 is 3.08 bits per heavy atom. The van der Waals surface area contributed by atoms with Crippen LogP contribution in [0.2, 0.25) is 0 Å². The third-order valence-electron chi connectivity index (χ3n) is 2.20. The Morgan fingerprint density at radius 2 is 2.50 bits per heavy atom. The third kappa shape index (κ3) is 2.79. The van der Waals surface area contributed by atoms with Crippen molar-refractivity contribution in [3.05, 3.63) is 0 Å². The number of hydrogen-bond donors (Lipinski definition) is 2. The Morgan fingerprint density at radius 1 is 1.67 bits per heavy atom. The number of carbonyl (C=O) groups excluding carboxylic acids is 1. The molecule has 1 rings (SSSR count). The highest BCUT2D eigenvalue weighted by molar-refractivity contribution is 5.36. The molecule has 0 aromatic rings. The van der Waals surface area contributed by atoms with Gasteiger partial charge in [-0.2, -0.15) is 0 Å². The Hall–Kier alpha value is -0.610. The first-order valence-corrected chi connectivity index (χ1v) is 4.25. The molecule has 1 heterocycles. The average molecular weight is 173 g/mol. The van der Waals surface area contributed by atoms with Crippen molar-refractivity contribution in [2.45, 2.75) is 24.9 Å². The highest BCUT2D eigenvalue weighted by Crippen LogP contribution is 2.19. The zero-order valence-electron chi connectivity index (χ0n) is 7.08. The average Bonchev–Trinajstić information content (AvgIpc) is 2.06. The number of aliphatic hydroxyl groups is 1. The van der Waals surface area contributed by atoms with Gasteiger partial charge in [0, 0.05) is 13.0 Å². The summed E-state index contributed by atoms with van der Waals surface area (Å²) in [4.78, 5) is 9.83. The van der Waals surface area contributed by atoms with Crippen LogP contribution in [-0.2, 0) is 9.53 Å². The molecule has 0 amide bonds. The van der Waals surface area contributed by atoms with Gasteiger partial charge in [0.1, 0.15) is 0 Å². The summed E-state index contributed by atoms with van der Waals surface area (Å²) in [6, 6.07) is 0. The first-order valence-electron chi connectivity index (χ1n) is 4.25. The molecule has 0 aliphatic carbocycles. The van der Waals surface area contributed by atoms with Gasteiger partial charge in [-0.1, -0.05) is 0 Å². The normalized spacial score (nSPS) is 29.8. The SMILES string of the molecule is O=COCCC1(O)CCCNC1. The molecule has 0 aromatic heterocycles. The van der Waals surface area contributed by atoms with Crippen molar-refractivity contribution in [2.24, 2.45) is 0 Å². The molecule has 70 valence electrons. The van der Waals surface area contributed by atoms with E-state index in [1.54, 1.807) is 0 Å². The van der Waals surface area contributed by atoms with E-state index in [2.05, 4.69) is 10.1 Å². The van der Waals surface area contributed by atoms with Crippen LogP contribution in [0.3, 0.4) is 0 Å². The highest BCUT2D eigenvalue weighted by Gasteiger charge is 2.28. The van der Waals surface area contributed by atoms with E-state index in [0.717, 1.165) is 19.4 Å². The first-order chi connectivity index (χ1) is 5.77. The smallest absolute Gasteiger partial charge is 0.293 e. The molecule has 0 radical (unpaired) electrons. The molecule has 0 bridgehead atoms. The topological polar surface area (TPSA) is 58.6 Å². The van der Waals surface area contributed by atoms with Gasteiger partial charge in [-0.05, 0) is 19.4 Å². The Bertz CT molecular complexity index is 143. The van der Waals surface area contributed by atoms with Gasteiger partial charge in [0.05, 0.1) is 12.2 Å². The Balaban J connectivity index is 2.21. The van der Waals surface area contributed by atoms with E-state index in [4.69, 9.17) is 0 Å². The molecular weight excluding hydrogens is 158 g/mol. The maximum atomic E-state index is 9.84. The fourth-order valence-corrected chi connectivity index (χ4v) is 1.46. The molecule has 0 aromatic carbocycles. The minimum atomic E-state index is -0.665. The molecule has 4 nitrogen and oxygen atoms in total. The second-order valence-electron chi connectivity index (χ2n) is 3.22. The molecule has 0 spiro atoms. The van der Waals surface area contributed by atoms with Crippen LogP contribution in [0.15, 0.2) is 0 Å². The van der Waals surface area contributed by atoms with Crippen molar-refractivity contribution in [2.75, 3.05) is 19.7 Å². The monoisotopic (exact) mass is 173 g/mol. The molecule has 4 heteroatoms. The molecule has 1 unspecified atom stereocenters. The summed E-state index contributed by atoms with van der Waals surface area (Å²) in [5, 5.41) is 12.9. The summed E-state index contributed by atoms with van der Waals surface area (Å²) < 4.78 is 4.53. The number of ether oxygens (including phenoxy) is 1. The van der Waals surface area contributed by atoms with Crippen molar-refractivity contribution in [1.29, 1.82) is 0 Å². The number of hydrogen-bond acceptors (Lipinski definition) is 4. The lowest BCUT2D eigenvalue weighted by molar-refractivity contribution is -0.130. The van der Waals surface area contributed by atoms with Gasteiger partial charge < -0.3 is 15.2 Å². The van der Waals surface area contributed by atoms with Gasteiger partial charge in [-0.3, -0.25) is 4.79 Å². The number of piperidine rings is 1. The second-order valence-corrected chi connectivity index (χ2v) is 3.22. The summed E-state index contributed by atoms with van der Waals surface area (Å²) in [5.41, 5.74) is -0.665. The predicted molar refractivity (Wildman–Crippen MR) is 43.7 cm³/mol. The van der Waals surface area contributed by atoms with Gasteiger partial charge in [0.2, 0.25) is 0 Å². The molecule has 1 aliphatic rings. The summed E-state index contributed by atoms with van der Waals surface area (Å²) in [6.45, 7) is 2.30.